The van der Waals surface area contributed by atoms with Gasteiger partial charge in [-0.3, -0.25) is 9.69 Å². The summed E-state index contributed by atoms with van der Waals surface area (Å²) in [7, 11) is 0. The van der Waals surface area contributed by atoms with Crippen LogP contribution in [0.15, 0.2) is 17.5 Å². The van der Waals surface area contributed by atoms with E-state index in [2.05, 4.69) is 34.2 Å². The Balaban J connectivity index is 1.51. The summed E-state index contributed by atoms with van der Waals surface area (Å²) in [5, 5.41) is 2.17. The van der Waals surface area contributed by atoms with E-state index in [1.165, 1.54) is 30.9 Å². The molecule has 2 atom stereocenters. The van der Waals surface area contributed by atoms with Gasteiger partial charge in [-0.15, -0.1) is 11.3 Å². The van der Waals surface area contributed by atoms with Crippen LogP contribution in [0.1, 0.15) is 25.1 Å². The van der Waals surface area contributed by atoms with Crippen LogP contribution in [-0.4, -0.2) is 72.5 Å². The number of amides is 1. The van der Waals surface area contributed by atoms with Gasteiger partial charge in [0.25, 0.3) is 0 Å². The van der Waals surface area contributed by atoms with Crippen LogP contribution in [0.25, 0.3) is 0 Å². The number of likely N-dealkylation sites (tertiary alicyclic amines) is 1. The van der Waals surface area contributed by atoms with E-state index in [0.717, 1.165) is 38.5 Å². The highest BCUT2D eigenvalue weighted by Crippen LogP contribution is 2.23. The lowest BCUT2D eigenvalue weighted by molar-refractivity contribution is -0.128. The fraction of sp³-hybridized carbons (Fsp3) is 0.722. The predicted octanol–water partition coefficient (Wildman–Crippen LogP) is 2.17. The van der Waals surface area contributed by atoms with E-state index in [9.17, 15) is 4.79 Å². The second-order valence-corrected chi connectivity index (χ2v) is 8.06. The monoisotopic (exact) mass is 335 g/mol. The molecule has 2 aliphatic heterocycles. The van der Waals surface area contributed by atoms with Crippen molar-refractivity contribution in [3.63, 3.8) is 0 Å². The molecule has 1 aromatic rings. The van der Waals surface area contributed by atoms with Gasteiger partial charge in [0.1, 0.15) is 0 Å². The zero-order valence-electron chi connectivity index (χ0n) is 14.4. The summed E-state index contributed by atoms with van der Waals surface area (Å²) in [6, 6.07) is 5.05. The normalized spacial score (nSPS) is 27.3. The van der Waals surface area contributed by atoms with Crippen molar-refractivity contribution in [1.82, 2.24) is 14.7 Å². The van der Waals surface area contributed by atoms with E-state index in [4.69, 9.17) is 0 Å². The third kappa shape index (κ3) is 4.34. The summed E-state index contributed by atoms with van der Waals surface area (Å²) >= 11 is 1.87. The molecule has 2 saturated heterocycles. The Morgan fingerprint density at radius 1 is 1.26 bits per heavy atom. The van der Waals surface area contributed by atoms with Crippen molar-refractivity contribution in [2.45, 2.75) is 32.7 Å². The van der Waals surface area contributed by atoms with Gasteiger partial charge >= 0.3 is 0 Å². The molecule has 0 saturated carbocycles. The van der Waals surface area contributed by atoms with E-state index in [0.29, 0.717) is 6.04 Å². The predicted molar refractivity (Wildman–Crippen MR) is 95.9 cm³/mol. The third-order valence-corrected chi connectivity index (χ3v) is 6.28. The molecule has 1 amide bonds. The Kier molecular flexibility index (Phi) is 5.72. The quantitative estimate of drug-likeness (QED) is 0.844. The maximum atomic E-state index is 11.6. The molecule has 0 radical (unpaired) electrons. The first-order valence-electron chi connectivity index (χ1n) is 8.88. The van der Waals surface area contributed by atoms with Crippen molar-refractivity contribution < 1.29 is 4.79 Å². The van der Waals surface area contributed by atoms with Crippen LogP contribution in [0.3, 0.4) is 0 Å². The summed E-state index contributed by atoms with van der Waals surface area (Å²) in [5.74, 6) is 0.950. The van der Waals surface area contributed by atoms with E-state index < -0.39 is 0 Å². The zero-order chi connectivity index (χ0) is 16.2. The van der Waals surface area contributed by atoms with Gasteiger partial charge in [0.05, 0.1) is 0 Å². The second kappa shape index (κ2) is 7.77. The first-order chi connectivity index (χ1) is 11.1. The first-order valence-corrected chi connectivity index (χ1v) is 9.76. The molecule has 4 nitrogen and oxygen atoms in total. The molecule has 0 N–H and O–H groups in total. The van der Waals surface area contributed by atoms with Crippen molar-refractivity contribution >= 4 is 17.2 Å². The summed E-state index contributed by atoms with van der Waals surface area (Å²) < 4.78 is 0. The largest absolute Gasteiger partial charge is 0.342 e. The van der Waals surface area contributed by atoms with Gasteiger partial charge < -0.3 is 9.80 Å². The van der Waals surface area contributed by atoms with Gasteiger partial charge in [0.2, 0.25) is 5.91 Å². The molecular weight excluding hydrogens is 306 g/mol. The fourth-order valence-electron chi connectivity index (χ4n) is 4.01. The minimum atomic E-state index is 0.226. The van der Waals surface area contributed by atoms with Crippen LogP contribution in [0.5, 0.6) is 0 Å². The minimum absolute atomic E-state index is 0.226. The standard InChI is InChI=1S/C18H29N3OS/c1-15-13-19(9-6-17-5-3-12-23-17)14-18(15)21-8-4-7-20(10-11-21)16(2)22/h3,5,12,15,18H,4,6-11,13-14H2,1-2H3/t15-,18-/m1/s1. The van der Waals surface area contributed by atoms with Crippen molar-refractivity contribution in [3.05, 3.63) is 22.4 Å². The van der Waals surface area contributed by atoms with Crippen LogP contribution < -0.4 is 0 Å². The SMILES string of the molecule is CC(=O)N1CCCN([C@@H]2CN(CCc3cccs3)C[C@H]2C)CC1. The van der Waals surface area contributed by atoms with Gasteiger partial charge in [-0.2, -0.15) is 0 Å². The molecule has 5 heteroatoms. The number of carbonyl (C=O) groups is 1. The first kappa shape index (κ1) is 16.9. The zero-order valence-corrected chi connectivity index (χ0v) is 15.2. The molecule has 0 unspecified atom stereocenters. The van der Waals surface area contributed by atoms with Crippen LogP contribution in [-0.2, 0) is 11.2 Å². The molecular formula is C18H29N3OS. The lowest BCUT2D eigenvalue weighted by Gasteiger charge is -2.30. The van der Waals surface area contributed by atoms with Gasteiger partial charge in [0.15, 0.2) is 0 Å². The summed E-state index contributed by atoms with van der Waals surface area (Å²) in [6.07, 6.45) is 2.28. The molecule has 0 aromatic carbocycles. The van der Waals surface area contributed by atoms with E-state index in [-0.39, 0.29) is 5.91 Å². The molecule has 2 aliphatic rings. The fourth-order valence-corrected chi connectivity index (χ4v) is 4.71. The second-order valence-electron chi connectivity index (χ2n) is 7.03. The summed E-state index contributed by atoms with van der Waals surface area (Å²) in [5.41, 5.74) is 0. The van der Waals surface area contributed by atoms with Crippen LogP contribution in [0.4, 0.5) is 0 Å². The molecule has 0 bridgehead atoms. The number of rotatable bonds is 4. The van der Waals surface area contributed by atoms with Crippen LogP contribution >= 0.6 is 11.3 Å². The molecule has 1 aromatic heterocycles. The molecule has 0 aliphatic carbocycles. The van der Waals surface area contributed by atoms with Gasteiger partial charge in [-0.25, -0.2) is 0 Å². The topological polar surface area (TPSA) is 26.8 Å². The van der Waals surface area contributed by atoms with Crippen molar-refractivity contribution in [1.29, 1.82) is 0 Å². The van der Waals surface area contributed by atoms with E-state index in [1.54, 1.807) is 6.92 Å². The highest BCUT2D eigenvalue weighted by molar-refractivity contribution is 7.09. The van der Waals surface area contributed by atoms with E-state index >= 15 is 0 Å². The summed E-state index contributed by atoms with van der Waals surface area (Å²) in [4.78, 5) is 20.4. The number of carbonyl (C=O) groups excluding carboxylic acids is 1. The number of hydrogen-bond acceptors (Lipinski definition) is 4. The average Bonchev–Trinajstić information content (AvgIpc) is 3.09. The van der Waals surface area contributed by atoms with Crippen LogP contribution in [0, 0.1) is 5.92 Å². The highest BCUT2D eigenvalue weighted by atomic mass is 32.1. The Morgan fingerprint density at radius 2 is 2.13 bits per heavy atom. The molecule has 3 heterocycles. The smallest absolute Gasteiger partial charge is 0.219 e. The Bertz CT molecular complexity index is 504. The summed E-state index contributed by atoms with van der Waals surface area (Å²) in [6.45, 7) is 11.7. The van der Waals surface area contributed by atoms with Crippen molar-refractivity contribution in [2.24, 2.45) is 5.92 Å². The Labute approximate surface area is 144 Å². The van der Waals surface area contributed by atoms with Crippen LogP contribution in [0.2, 0.25) is 0 Å². The molecule has 2 fully saturated rings. The van der Waals surface area contributed by atoms with Crippen molar-refractivity contribution in [2.75, 3.05) is 45.8 Å². The number of nitrogens with zero attached hydrogens (tertiary/aromatic N) is 3. The lowest BCUT2D eigenvalue weighted by Crippen LogP contribution is -2.43. The molecule has 0 spiro atoms. The van der Waals surface area contributed by atoms with Gasteiger partial charge in [-0.1, -0.05) is 13.0 Å². The van der Waals surface area contributed by atoms with Gasteiger partial charge in [0, 0.05) is 63.7 Å². The lowest BCUT2D eigenvalue weighted by atomic mass is 10.0. The highest BCUT2D eigenvalue weighted by Gasteiger charge is 2.34. The maximum absolute atomic E-state index is 11.6. The number of thiophene rings is 1. The average molecular weight is 336 g/mol. The minimum Gasteiger partial charge on any atom is -0.342 e. The molecule has 3 rings (SSSR count). The Morgan fingerprint density at radius 3 is 2.87 bits per heavy atom. The van der Waals surface area contributed by atoms with Gasteiger partial charge in [-0.05, 0) is 30.2 Å². The molecule has 128 valence electrons. The third-order valence-electron chi connectivity index (χ3n) is 5.35. The van der Waals surface area contributed by atoms with Crippen molar-refractivity contribution in [3.8, 4) is 0 Å². The Hall–Kier alpha value is -0.910. The van der Waals surface area contributed by atoms with E-state index in [1.807, 2.05) is 16.2 Å². The maximum Gasteiger partial charge on any atom is 0.219 e. The number of hydrogen-bond donors (Lipinski definition) is 0. The molecule has 23 heavy (non-hydrogen) atoms.